The molecule has 0 aliphatic rings. The van der Waals surface area contributed by atoms with Gasteiger partial charge in [0.15, 0.2) is 9.84 Å². The summed E-state index contributed by atoms with van der Waals surface area (Å²) in [4.78, 5) is 12.1. The lowest BCUT2D eigenvalue weighted by Crippen LogP contribution is -2.17. The zero-order chi connectivity index (χ0) is 18.0. The summed E-state index contributed by atoms with van der Waals surface area (Å²) in [5.74, 6) is -0.983. The second-order valence-electron chi connectivity index (χ2n) is 4.93. The molecule has 0 spiro atoms. The highest BCUT2D eigenvalue weighted by atomic mass is 32.2. The lowest BCUT2D eigenvalue weighted by Gasteiger charge is -2.12. The molecule has 0 aliphatic carbocycles. The lowest BCUT2D eigenvalue weighted by molar-refractivity contribution is -0.137. The number of sulfone groups is 1. The maximum Gasteiger partial charge on any atom is 0.416 e. The lowest BCUT2D eigenvalue weighted by atomic mass is 10.1. The summed E-state index contributed by atoms with van der Waals surface area (Å²) in [6.45, 7) is 1.44. The highest BCUT2D eigenvalue weighted by molar-refractivity contribution is 7.91. The van der Waals surface area contributed by atoms with E-state index in [1.165, 1.54) is 37.3 Å². The van der Waals surface area contributed by atoms with E-state index in [4.69, 9.17) is 0 Å². The fourth-order valence-corrected chi connectivity index (χ4v) is 3.15. The van der Waals surface area contributed by atoms with Gasteiger partial charge in [0.25, 0.3) is 5.91 Å². The predicted molar refractivity (Wildman–Crippen MR) is 83.6 cm³/mol. The number of hydrogen-bond acceptors (Lipinski definition) is 3. The summed E-state index contributed by atoms with van der Waals surface area (Å²) in [5, 5.41) is 2.30. The van der Waals surface area contributed by atoms with Crippen molar-refractivity contribution >= 4 is 21.4 Å². The Balaban J connectivity index is 2.36. The van der Waals surface area contributed by atoms with Crippen molar-refractivity contribution in [2.45, 2.75) is 18.0 Å². The van der Waals surface area contributed by atoms with Crippen molar-refractivity contribution in [2.75, 3.05) is 11.1 Å². The number of carbonyl (C=O) groups excluding carboxylic acids is 1. The number of anilines is 1. The number of rotatable bonds is 4. The van der Waals surface area contributed by atoms with E-state index in [1.54, 1.807) is 0 Å². The summed E-state index contributed by atoms with van der Waals surface area (Å²) in [5.41, 5.74) is -1.09. The third-order valence-electron chi connectivity index (χ3n) is 3.29. The van der Waals surface area contributed by atoms with Crippen LogP contribution in [0.15, 0.2) is 53.4 Å². The van der Waals surface area contributed by atoms with Gasteiger partial charge in [0.2, 0.25) is 0 Å². The minimum Gasteiger partial charge on any atom is -0.322 e. The van der Waals surface area contributed by atoms with Crippen LogP contribution in [0.5, 0.6) is 0 Å². The largest absolute Gasteiger partial charge is 0.416 e. The average molecular weight is 357 g/mol. The van der Waals surface area contributed by atoms with Crippen LogP contribution in [0, 0.1) is 0 Å². The molecule has 8 heteroatoms. The molecule has 0 atom stereocenters. The van der Waals surface area contributed by atoms with Gasteiger partial charge in [-0.1, -0.05) is 25.1 Å². The molecule has 0 unspecified atom stereocenters. The Labute approximate surface area is 137 Å². The molecule has 2 aromatic carbocycles. The van der Waals surface area contributed by atoms with Gasteiger partial charge in [-0.15, -0.1) is 0 Å². The predicted octanol–water partition coefficient (Wildman–Crippen LogP) is 3.75. The quantitative estimate of drug-likeness (QED) is 0.906. The van der Waals surface area contributed by atoms with Gasteiger partial charge in [0.1, 0.15) is 0 Å². The van der Waals surface area contributed by atoms with Crippen molar-refractivity contribution in [3.8, 4) is 0 Å². The van der Waals surface area contributed by atoms with Crippen LogP contribution in [-0.4, -0.2) is 20.1 Å². The Hall–Kier alpha value is -2.35. The molecule has 0 aromatic heterocycles. The number of halogens is 3. The van der Waals surface area contributed by atoms with Crippen molar-refractivity contribution in [3.63, 3.8) is 0 Å². The van der Waals surface area contributed by atoms with Gasteiger partial charge in [0.05, 0.1) is 21.8 Å². The number of nitrogens with one attached hydrogen (secondary N) is 1. The molecular formula is C16H14F3NO3S. The van der Waals surface area contributed by atoms with Crippen molar-refractivity contribution in [3.05, 3.63) is 59.7 Å². The normalized spacial score (nSPS) is 12.0. The molecule has 0 radical (unpaired) electrons. The van der Waals surface area contributed by atoms with E-state index in [0.717, 1.165) is 18.2 Å². The van der Waals surface area contributed by atoms with Crippen molar-refractivity contribution in [2.24, 2.45) is 0 Å². The number of hydrogen-bond donors (Lipinski definition) is 1. The molecule has 1 N–H and O–H groups in total. The third kappa shape index (κ3) is 3.94. The van der Waals surface area contributed by atoms with E-state index >= 15 is 0 Å². The molecule has 0 saturated carbocycles. The van der Waals surface area contributed by atoms with Gasteiger partial charge in [-0.2, -0.15) is 13.2 Å². The van der Waals surface area contributed by atoms with E-state index in [0.29, 0.717) is 0 Å². The number of benzene rings is 2. The Morgan fingerprint density at radius 3 is 2.38 bits per heavy atom. The van der Waals surface area contributed by atoms with Crippen LogP contribution in [0.4, 0.5) is 18.9 Å². The van der Waals surface area contributed by atoms with E-state index < -0.39 is 27.5 Å². The van der Waals surface area contributed by atoms with Crippen LogP contribution in [0.3, 0.4) is 0 Å². The fraction of sp³-hybridized carbons (Fsp3) is 0.188. The van der Waals surface area contributed by atoms with Crippen molar-refractivity contribution < 1.29 is 26.4 Å². The smallest absolute Gasteiger partial charge is 0.322 e. The monoisotopic (exact) mass is 357 g/mol. The summed E-state index contributed by atoms with van der Waals surface area (Å²) < 4.78 is 62.2. The van der Waals surface area contributed by atoms with Crippen LogP contribution < -0.4 is 5.32 Å². The fourth-order valence-electron chi connectivity index (χ4n) is 2.05. The molecule has 1 amide bonds. The molecule has 24 heavy (non-hydrogen) atoms. The summed E-state index contributed by atoms with van der Waals surface area (Å²) >= 11 is 0. The Morgan fingerprint density at radius 1 is 1.08 bits per heavy atom. The molecule has 128 valence electrons. The van der Waals surface area contributed by atoms with Gasteiger partial charge in [-0.25, -0.2) is 8.42 Å². The van der Waals surface area contributed by atoms with E-state index in [9.17, 15) is 26.4 Å². The van der Waals surface area contributed by atoms with Crippen LogP contribution in [0.1, 0.15) is 22.8 Å². The molecule has 2 aromatic rings. The minimum absolute atomic E-state index is 0.0708. The Morgan fingerprint density at radius 2 is 1.75 bits per heavy atom. The number of amides is 1. The van der Waals surface area contributed by atoms with E-state index in [-0.39, 0.29) is 21.9 Å². The SMILES string of the molecule is CCS(=O)(=O)c1ccccc1C(=O)Nc1cccc(C(F)(F)F)c1. The van der Waals surface area contributed by atoms with Crippen molar-refractivity contribution in [1.29, 1.82) is 0 Å². The highest BCUT2D eigenvalue weighted by Crippen LogP contribution is 2.30. The molecule has 4 nitrogen and oxygen atoms in total. The number of alkyl halides is 3. The highest BCUT2D eigenvalue weighted by Gasteiger charge is 2.30. The molecular weight excluding hydrogens is 343 g/mol. The second kappa shape index (κ2) is 6.64. The molecule has 2 rings (SSSR count). The average Bonchev–Trinajstić information content (AvgIpc) is 2.54. The van der Waals surface area contributed by atoms with Gasteiger partial charge >= 0.3 is 6.18 Å². The zero-order valence-corrected chi connectivity index (χ0v) is 13.4. The molecule has 0 heterocycles. The first-order valence-electron chi connectivity index (χ1n) is 6.95. The zero-order valence-electron chi connectivity index (χ0n) is 12.6. The summed E-state index contributed by atoms with van der Waals surface area (Å²) in [7, 11) is -3.64. The first kappa shape index (κ1) is 18.0. The standard InChI is InChI=1S/C16H14F3NO3S/c1-2-24(22,23)14-9-4-3-8-13(14)15(21)20-12-7-5-6-11(10-12)16(17,18)19/h3-10H,2H2,1H3,(H,20,21). The van der Waals surface area contributed by atoms with Gasteiger partial charge in [-0.3, -0.25) is 4.79 Å². The van der Waals surface area contributed by atoms with Crippen LogP contribution in [0.25, 0.3) is 0 Å². The van der Waals surface area contributed by atoms with Gasteiger partial charge in [-0.05, 0) is 30.3 Å². The third-order valence-corrected chi connectivity index (χ3v) is 5.08. The van der Waals surface area contributed by atoms with Crippen molar-refractivity contribution in [1.82, 2.24) is 0 Å². The Bertz CT molecular complexity index is 861. The second-order valence-corrected chi connectivity index (χ2v) is 7.18. The van der Waals surface area contributed by atoms with Crippen LogP contribution in [-0.2, 0) is 16.0 Å². The first-order valence-corrected chi connectivity index (χ1v) is 8.61. The van der Waals surface area contributed by atoms with Crippen LogP contribution >= 0.6 is 0 Å². The first-order chi connectivity index (χ1) is 11.1. The maximum absolute atomic E-state index is 12.7. The number of carbonyl (C=O) groups is 1. The van der Waals surface area contributed by atoms with Gasteiger partial charge < -0.3 is 5.32 Å². The van der Waals surface area contributed by atoms with E-state index in [2.05, 4.69) is 5.32 Å². The molecule has 0 fully saturated rings. The van der Waals surface area contributed by atoms with E-state index in [1.807, 2.05) is 0 Å². The summed E-state index contributed by atoms with van der Waals surface area (Å²) in [6, 6.07) is 9.68. The topological polar surface area (TPSA) is 63.2 Å². The maximum atomic E-state index is 12.7. The molecule has 0 aliphatic heterocycles. The minimum atomic E-state index is -4.54. The molecule has 0 bridgehead atoms. The van der Waals surface area contributed by atoms with Gasteiger partial charge in [0, 0.05) is 5.69 Å². The molecule has 0 saturated heterocycles. The summed E-state index contributed by atoms with van der Waals surface area (Å²) in [6.07, 6.45) is -4.54. The Kier molecular flexibility index (Phi) is 4.98. The van der Waals surface area contributed by atoms with Crippen LogP contribution in [0.2, 0.25) is 0 Å².